The summed E-state index contributed by atoms with van der Waals surface area (Å²) in [5, 5.41) is 0. The van der Waals surface area contributed by atoms with Crippen LogP contribution in [0.3, 0.4) is 0 Å². The van der Waals surface area contributed by atoms with E-state index < -0.39 is 0 Å². The van der Waals surface area contributed by atoms with Gasteiger partial charge in [0, 0.05) is 0 Å². The first-order valence-electron chi connectivity index (χ1n) is 8.09. The SMILES string of the molecule is CC.[CH2-]P(CC)CC.[CH2-]P(CC)CC.[CH2-]P(CC)CC.[Cr+3]. The molecule has 0 spiro atoms. The molecule has 0 bridgehead atoms. The van der Waals surface area contributed by atoms with Crippen LogP contribution in [-0.2, 0) is 17.4 Å². The molecule has 0 atom stereocenters. The van der Waals surface area contributed by atoms with Crippen LogP contribution < -0.4 is 0 Å². The molecule has 0 aromatic rings. The van der Waals surface area contributed by atoms with E-state index in [0.29, 0.717) is 0 Å². The standard InChI is InChI=1S/3C5H12P.C2H6.Cr/c3*1-4-6(3)5-2;1-2;/h3*3-5H2,1-2H3;1-2H3;/q3*-1;;+3. The maximum atomic E-state index is 3.94. The molecule has 0 fully saturated rings. The second kappa shape index (κ2) is 33.4. The van der Waals surface area contributed by atoms with E-state index in [9.17, 15) is 0 Å². The molecular weight excluding hydrogens is 349 g/mol. The molecule has 0 N–H and O–H groups in total. The Morgan fingerprint density at radius 1 is 0.476 bits per heavy atom. The summed E-state index contributed by atoms with van der Waals surface area (Å²) < 4.78 is 0. The monoisotopic (exact) mass is 391 g/mol. The molecule has 1 radical (unpaired) electrons. The van der Waals surface area contributed by atoms with Gasteiger partial charge in [0.05, 0.1) is 0 Å². The van der Waals surface area contributed by atoms with Gasteiger partial charge in [0.25, 0.3) is 0 Å². The van der Waals surface area contributed by atoms with Crippen LogP contribution in [0.2, 0.25) is 0 Å². The first-order chi connectivity index (χ1) is 9.42. The van der Waals surface area contributed by atoms with Gasteiger partial charge < -0.3 is 20.0 Å². The van der Waals surface area contributed by atoms with Crippen molar-refractivity contribution in [3.05, 3.63) is 20.0 Å². The fraction of sp³-hybridized carbons (Fsp3) is 0.824. The Bertz CT molecular complexity index is 99.4. The average molecular weight is 391 g/mol. The third-order valence-electron chi connectivity index (χ3n) is 2.68. The van der Waals surface area contributed by atoms with Gasteiger partial charge >= 0.3 is 17.4 Å². The number of rotatable bonds is 6. The van der Waals surface area contributed by atoms with Crippen molar-refractivity contribution in [3.63, 3.8) is 0 Å². The summed E-state index contributed by atoms with van der Waals surface area (Å²) in [6.45, 7) is 29.0. The van der Waals surface area contributed by atoms with Crippen molar-refractivity contribution in [3.8, 4) is 0 Å². The normalized spacial score (nSPS) is 8.86. The van der Waals surface area contributed by atoms with Crippen LogP contribution >= 0.6 is 23.8 Å². The minimum absolute atomic E-state index is 0. The molecule has 0 saturated carbocycles. The van der Waals surface area contributed by atoms with E-state index in [1.807, 2.05) is 13.8 Å². The number of hydrogen-bond donors (Lipinski definition) is 0. The molecule has 0 unspecified atom stereocenters. The van der Waals surface area contributed by atoms with Crippen LogP contribution in [0, 0.1) is 20.0 Å². The molecule has 0 saturated heterocycles. The van der Waals surface area contributed by atoms with E-state index in [0.717, 1.165) is 0 Å². The van der Waals surface area contributed by atoms with Crippen LogP contribution in [0.5, 0.6) is 0 Å². The molecular formula is C17H42CrP3. The molecule has 0 nitrogen and oxygen atoms in total. The van der Waals surface area contributed by atoms with Crippen LogP contribution in [0.25, 0.3) is 0 Å². The molecule has 4 heteroatoms. The Kier molecular flexibility index (Phi) is 54.5. The van der Waals surface area contributed by atoms with Crippen molar-refractivity contribution in [2.24, 2.45) is 0 Å². The van der Waals surface area contributed by atoms with Crippen molar-refractivity contribution in [1.82, 2.24) is 0 Å². The van der Waals surface area contributed by atoms with E-state index in [2.05, 4.69) is 61.5 Å². The van der Waals surface area contributed by atoms with Gasteiger partial charge in [0.2, 0.25) is 0 Å². The summed E-state index contributed by atoms with van der Waals surface area (Å²) in [5.41, 5.74) is 0. The minimum Gasteiger partial charge on any atom is -0.317 e. The van der Waals surface area contributed by atoms with E-state index in [1.54, 1.807) is 0 Å². The molecule has 0 heterocycles. The first-order valence-corrected chi connectivity index (χ1v) is 13.8. The predicted molar refractivity (Wildman–Crippen MR) is 111 cm³/mol. The fourth-order valence-electron chi connectivity index (χ4n) is 0.671. The van der Waals surface area contributed by atoms with Crippen molar-refractivity contribution < 1.29 is 17.4 Å². The minimum atomic E-state index is 0. The Morgan fingerprint density at radius 2 is 0.571 bits per heavy atom. The molecule has 0 aliphatic carbocycles. The Hall–Kier alpha value is 1.82. The zero-order chi connectivity index (χ0) is 17.0. The van der Waals surface area contributed by atoms with Gasteiger partial charge in [-0.3, -0.25) is 23.8 Å². The quantitative estimate of drug-likeness (QED) is 0.319. The summed E-state index contributed by atoms with van der Waals surface area (Å²) in [4.78, 5) is 0. The summed E-state index contributed by atoms with van der Waals surface area (Å²) in [5.74, 6) is 0. The van der Waals surface area contributed by atoms with Gasteiger partial charge in [-0.25, -0.2) is 0 Å². The third-order valence-corrected chi connectivity index (χ3v) is 8.05. The summed E-state index contributed by atoms with van der Waals surface area (Å²) in [7, 11) is 0.522. The first kappa shape index (κ1) is 34.2. The van der Waals surface area contributed by atoms with E-state index in [1.165, 1.54) is 37.0 Å². The maximum Gasteiger partial charge on any atom is 3.00 e. The molecule has 131 valence electrons. The smallest absolute Gasteiger partial charge is 0.317 e. The average Bonchev–Trinajstić information content (AvgIpc) is 2.55. The van der Waals surface area contributed by atoms with Gasteiger partial charge in [-0.05, 0) is 0 Å². The second-order valence-corrected chi connectivity index (χ2v) is 11.7. The van der Waals surface area contributed by atoms with Crippen molar-refractivity contribution in [2.45, 2.75) is 55.4 Å². The van der Waals surface area contributed by atoms with Gasteiger partial charge in [0.15, 0.2) is 0 Å². The summed E-state index contributed by atoms with van der Waals surface area (Å²) in [6, 6.07) is 0. The topological polar surface area (TPSA) is 0 Å². The largest absolute Gasteiger partial charge is 3.00 e. The molecule has 0 aliphatic heterocycles. The van der Waals surface area contributed by atoms with Crippen molar-refractivity contribution in [2.75, 3.05) is 37.0 Å². The van der Waals surface area contributed by atoms with Crippen LogP contribution in [-0.4, -0.2) is 37.0 Å². The summed E-state index contributed by atoms with van der Waals surface area (Å²) >= 11 is 0. The van der Waals surface area contributed by atoms with E-state index >= 15 is 0 Å². The predicted octanol–water partition coefficient (Wildman–Crippen LogP) is 7.92. The fourth-order valence-corrected chi connectivity index (χ4v) is 2.01. The van der Waals surface area contributed by atoms with Crippen LogP contribution in [0.4, 0.5) is 0 Å². The molecule has 0 rings (SSSR count). The van der Waals surface area contributed by atoms with E-state index in [-0.39, 0.29) is 41.1 Å². The van der Waals surface area contributed by atoms with E-state index in [4.69, 9.17) is 0 Å². The Labute approximate surface area is 153 Å². The molecule has 0 aromatic carbocycles. The zero-order valence-electron chi connectivity index (χ0n) is 16.1. The number of hydrogen-bond acceptors (Lipinski definition) is 0. The molecule has 21 heavy (non-hydrogen) atoms. The third kappa shape index (κ3) is 44.9. The Balaban J connectivity index is -0.0000000561. The van der Waals surface area contributed by atoms with Crippen molar-refractivity contribution in [1.29, 1.82) is 0 Å². The Morgan fingerprint density at radius 3 is 0.571 bits per heavy atom. The molecule has 0 aliphatic rings. The molecule has 0 aromatic heterocycles. The van der Waals surface area contributed by atoms with Crippen molar-refractivity contribution >= 4 is 23.8 Å². The maximum absolute atomic E-state index is 3.94. The summed E-state index contributed by atoms with van der Waals surface area (Å²) in [6.07, 6.45) is 7.70. The van der Waals surface area contributed by atoms with Crippen LogP contribution in [0.1, 0.15) is 55.4 Å². The van der Waals surface area contributed by atoms with Crippen LogP contribution in [0.15, 0.2) is 0 Å². The molecule has 0 amide bonds. The van der Waals surface area contributed by atoms with Gasteiger partial charge in [0.1, 0.15) is 0 Å². The zero-order valence-corrected chi connectivity index (χ0v) is 20.1. The van der Waals surface area contributed by atoms with Gasteiger partial charge in [-0.2, -0.15) is 0 Å². The second-order valence-electron chi connectivity index (χ2n) is 3.91. The van der Waals surface area contributed by atoms with Gasteiger partial charge in [-0.15, -0.1) is 0 Å². The van der Waals surface area contributed by atoms with Gasteiger partial charge in [-0.1, -0.05) is 92.4 Å².